The molecule has 0 bridgehead atoms. The van der Waals surface area contributed by atoms with E-state index < -0.39 is 11.6 Å². The monoisotopic (exact) mass is 380 g/mol. The van der Waals surface area contributed by atoms with Crippen LogP contribution in [-0.4, -0.2) is 30.1 Å². The second-order valence-electron chi connectivity index (χ2n) is 5.26. The van der Waals surface area contributed by atoms with E-state index in [-0.39, 0.29) is 32.3 Å². The van der Waals surface area contributed by atoms with Crippen molar-refractivity contribution < 1.29 is 13.6 Å². The van der Waals surface area contributed by atoms with Crippen molar-refractivity contribution in [3.05, 3.63) is 63.7 Å². The van der Waals surface area contributed by atoms with Crippen LogP contribution in [0.5, 0.6) is 0 Å². The molecular formula is C17H14F2N2OSe. The fourth-order valence-electron chi connectivity index (χ4n) is 2.42. The number of hydrogen-bond donors (Lipinski definition) is 0. The fraction of sp³-hybridized carbons (Fsp3) is 0.176. The molecule has 0 fully saturated rings. The number of halogens is 2. The van der Waals surface area contributed by atoms with Crippen molar-refractivity contribution in [3.8, 4) is 10.1 Å². The molecule has 2 aromatic heterocycles. The SMILES string of the molecule is Cc1cc(-c2ccc(C(=O)Cc3c(F)cccc3F)[se]2)n(C)n1. The standard InChI is InChI=1S/C17H14F2N2OSe/c1-10-8-14(21(2)20-10)16-6-7-17(23-16)15(22)9-11-12(18)4-3-5-13(11)19/h3-8H,9H2,1-2H3. The minimum absolute atomic E-state index is 0.168. The van der Waals surface area contributed by atoms with E-state index >= 15 is 0 Å². The molecule has 0 amide bonds. The molecule has 0 aliphatic carbocycles. The van der Waals surface area contributed by atoms with Gasteiger partial charge in [-0.2, -0.15) is 0 Å². The van der Waals surface area contributed by atoms with Gasteiger partial charge in [-0.05, 0) is 0 Å². The molecule has 6 heteroatoms. The molecule has 1 aromatic carbocycles. The molecule has 0 unspecified atom stereocenters. The van der Waals surface area contributed by atoms with Gasteiger partial charge in [0.2, 0.25) is 0 Å². The number of carbonyl (C=O) groups is 1. The number of hydrogen-bond acceptors (Lipinski definition) is 2. The van der Waals surface area contributed by atoms with Gasteiger partial charge < -0.3 is 0 Å². The van der Waals surface area contributed by atoms with Crippen LogP contribution in [0.1, 0.15) is 20.5 Å². The Morgan fingerprint density at radius 2 is 1.91 bits per heavy atom. The first kappa shape index (κ1) is 15.8. The van der Waals surface area contributed by atoms with Crippen molar-refractivity contribution in [1.29, 1.82) is 0 Å². The molecule has 3 rings (SSSR count). The molecule has 0 N–H and O–H groups in total. The van der Waals surface area contributed by atoms with Crippen molar-refractivity contribution in [2.24, 2.45) is 7.05 Å². The molecule has 3 aromatic rings. The first-order chi connectivity index (χ1) is 11.0. The molecule has 0 atom stereocenters. The predicted octanol–water partition coefficient (Wildman–Crippen LogP) is 3.16. The van der Waals surface area contributed by atoms with Crippen LogP contribution in [0.25, 0.3) is 10.1 Å². The van der Waals surface area contributed by atoms with Crippen LogP contribution in [0.15, 0.2) is 36.4 Å². The zero-order chi connectivity index (χ0) is 16.6. The average Bonchev–Trinajstić information content (AvgIpc) is 3.09. The predicted molar refractivity (Wildman–Crippen MR) is 84.7 cm³/mol. The number of carbonyl (C=O) groups excluding carboxylic acids is 1. The number of Topliss-reactive ketones (excluding diaryl/α,β-unsaturated/α-hetero) is 1. The normalized spacial score (nSPS) is 11.0. The van der Waals surface area contributed by atoms with Gasteiger partial charge in [0.25, 0.3) is 0 Å². The number of rotatable bonds is 4. The van der Waals surface area contributed by atoms with Gasteiger partial charge in [0.15, 0.2) is 0 Å². The quantitative estimate of drug-likeness (QED) is 0.516. The molecule has 0 saturated carbocycles. The molecule has 0 saturated heterocycles. The Morgan fingerprint density at radius 3 is 2.52 bits per heavy atom. The summed E-state index contributed by atoms with van der Waals surface area (Å²) in [5.74, 6) is -1.60. The Hall–Kier alpha value is -2.04. The van der Waals surface area contributed by atoms with Crippen molar-refractivity contribution in [1.82, 2.24) is 9.78 Å². The first-order valence-electron chi connectivity index (χ1n) is 7.02. The van der Waals surface area contributed by atoms with Gasteiger partial charge in [-0.1, -0.05) is 0 Å². The summed E-state index contributed by atoms with van der Waals surface area (Å²) >= 11 is -0.181. The van der Waals surface area contributed by atoms with E-state index in [1.165, 1.54) is 18.2 Å². The summed E-state index contributed by atoms with van der Waals surface area (Å²) in [6.07, 6.45) is -0.252. The Labute approximate surface area is 138 Å². The summed E-state index contributed by atoms with van der Waals surface area (Å²) in [6, 6.07) is 9.23. The van der Waals surface area contributed by atoms with E-state index in [1.807, 2.05) is 26.1 Å². The van der Waals surface area contributed by atoms with E-state index in [2.05, 4.69) is 5.10 Å². The molecule has 2 heterocycles. The average molecular weight is 379 g/mol. The Balaban J connectivity index is 1.86. The van der Waals surface area contributed by atoms with Crippen LogP contribution in [0.2, 0.25) is 0 Å². The van der Waals surface area contributed by atoms with E-state index in [0.29, 0.717) is 4.44 Å². The second kappa shape index (κ2) is 6.22. The summed E-state index contributed by atoms with van der Waals surface area (Å²) in [5.41, 5.74) is 1.71. The summed E-state index contributed by atoms with van der Waals surface area (Å²) in [5, 5.41) is 4.30. The summed E-state index contributed by atoms with van der Waals surface area (Å²) < 4.78 is 30.8. The van der Waals surface area contributed by atoms with E-state index in [1.54, 1.807) is 10.7 Å². The van der Waals surface area contributed by atoms with Crippen molar-refractivity contribution in [2.45, 2.75) is 13.3 Å². The molecule has 23 heavy (non-hydrogen) atoms. The number of aromatic nitrogens is 2. The number of benzene rings is 1. The zero-order valence-electron chi connectivity index (χ0n) is 12.6. The van der Waals surface area contributed by atoms with E-state index in [4.69, 9.17) is 0 Å². The van der Waals surface area contributed by atoms with Gasteiger partial charge in [0, 0.05) is 0 Å². The Bertz CT molecular complexity index is 862. The zero-order valence-corrected chi connectivity index (χ0v) is 14.4. The fourth-order valence-corrected chi connectivity index (χ4v) is 4.49. The topological polar surface area (TPSA) is 34.9 Å². The van der Waals surface area contributed by atoms with Gasteiger partial charge in [-0.15, -0.1) is 0 Å². The van der Waals surface area contributed by atoms with Gasteiger partial charge >= 0.3 is 138 Å². The second-order valence-corrected chi connectivity index (χ2v) is 7.53. The number of aryl methyl sites for hydroxylation is 2. The Morgan fingerprint density at radius 1 is 1.22 bits per heavy atom. The van der Waals surface area contributed by atoms with Gasteiger partial charge in [0.1, 0.15) is 0 Å². The molecule has 0 aliphatic heterocycles. The van der Waals surface area contributed by atoms with Crippen LogP contribution in [0.3, 0.4) is 0 Å². The molecule has 0 radical (unpaired) electrons. The van der Waals surface area contributed by atoms with E-state index in [9.17, 15) is 13.6 Å². The van der Waals surface area contributed by atoms with E-state index in [0.717, 1.165) is 15.8 Å². The van der Waals surface area contributed by atoms with Crippen molar-refractivity contribution in [3.63, 3.8) is 0 Å². The molecule has 0 spiro atoms. The van der Waals surface area contributed by atoms with Gasteiger partial charge in [-0.25, -0.2) is 0 Å². The molecule has 3 nitrogen and oxygen atoms in total. The third kappa shape index (κ3) is 3.18. The van der Waals surface area contributed by atoms with Gasteiger partial charge in [0.05, 0.1) is 0 Å². The van der Waals surface area contributed by atoms with Crippen LogP contribution in [0, 0.1) is 18.6 Å². The number of nitrogens with zero attached hydrogens (tertiary/aromatic N) is 2. The first-order valence-corrected chi connectivity index (χ1v) is 8.74. The van der Waals surface area contributed by atoms with Gasteiger partial charge in [-0.3, -0.25) is 0 Å². The van der Waals surface area contributed by atoms with Crippen molar-refractivity contribution in [2.75, 3.05) is 0 Å². The third-order valence-corrected chi connectivity index (χ3v) is 5.94. The van der Waals surface area contributed by atoms with Crippen LogP contribution >= 0.6 is 0 Å². The summed E-state index contributed by atoms with van der Waals surface area (Å²) in [7, 11) is 1.85. The maximum absolute atomic E-state index is 13.7. The molecule has 118 valence electrons. The van der Waals surface area contributed by atoms with Crippen LogP contribution < -0.4 is 0 Å². The minimum atomic E-state index is -0.681. The van der Waals surface area contributed by atoms with Crippen molar-refractivity contribution >= 4 is 20.3 Å². The summed E-state index contributed by atoms with van der Waals surface area (Å²) in [6.45, 7) is 1.91. The maximum atomic E-state index is 13.7. The van der Waals surface area contributed by atoms with Crippen LogP contribution in [0.4, 0.5) is 8.78 Å². The summed E-state index contributed by atoms with van der Waals surface area (Å²) in [4.78, 5) is 12.3. The number of ketones is 1. The van der Waals surface area contributed by atoms with Crippen LogP contribution in [-0.2, 0) is 13.5 Å². The molecular weight excluding hydrogens is 365 g/mol. The molecule has 0 aliphatic rings. The Kier molecular flexibility index (Phi) is 4.28. The third-order valence-electron chi connectivity index (χ3n) is 3.53.